The van der Waals surface area contributed by atoms with Gasteiger partial charge in [-0.05, 0) is 45.4 Å². The van der Waals surface area contributed by atoms with Gasteiger partial charge in [-0.15, -0.1) is 0 Å². The van der Waals surface area contributed by atoms with Gasteiger partial charge in [-0.1, -0.05) is 0 Å². The van der Waals surface area contributed by atoms with E-state index < -0.39 is 53.9 Å². The van der Waals surface area contributed by atoms with Crippen molar-refractivity contribution < 1.29 is 38.6 Å². The molecule has 5 amide bonds. The summed E-state index contributed by atoms with van der Waals surface area (Å²) in [7, 11) is 0. The van der Waals surface area contributed by atoms with E-state index in [4.69, 9.17) is 4.74 Å². The first-order chi connectivity index (χ1) is 15.9. The van der Waals surface area contributed by atoms with Crippen LogP contribution in [0.3, 0.4) is 0 Å². The molecule has 1 aromatic rings. The number of rotatable bonds is 7. The molecule has 12 heteroatoms. The smallest absolute Gasteiger partial charge is 0.407 e. The highest BCUT2D eigenvalue weighted by Gasteiger charge is 2.44. The third kappa shape index (κ3) is 5.50. The van der Waals surface area contributed by atoms with Crippen molar-refractivity contribution in [2.75, 3.05) is 24.5 Å². The lowest BCUT2D eigenvalue weighted by Gasteiger charge is -2.27. The summed E-state index contributed by atoms with van der Waals surface area (Å²) in [5.74, 6) is -3.67. The van der Waals surface area contributed by atoms with Gasteiger partial charge in [0.1, 0.15) is 18.2 Å². The van der Waals surface area contributed by atoms with Gasteiger partial charge in [0.05, 0.1) is 11.1 Å². The lowest BCUT2D eigenvalue weighted by atomic mass is 10.0. The number of piperidine rings is 1. The van der Waals surface area contributed by atoms with Gasteiger partial charge in [-0.25, -0.2) is 4.79 Å². The molecular weight excluding hydrogens is 448 g/mol. The first kappa shape index (κ1) is 24.7. The Morgan fingerprint density at radius 2 is 1.85 bits per heavy atom. The number of imide groups is 2. The number of aliphatic carboxylic acids is 1. The molecule has 182 valence electrons. The molecule has 12 nitrogen and oxygen atoms in total. The van der Waals surface area contributed by atoms with E-state index in [-0.39, 0.29) is 37.1 Å². The number of anilines is 1. The van der Waals surface area contributed by atoms with Crippen molar-refractivity contribution in [1.82, 2.24) is 15.5 Å². The molecule has 1 fully saturated rings. The van der Waals surface area contributed by atoms with Crippen molar-refractivity contribution in [3.05, 3.63) is 29.3 Å². The largest absolute Gasteiger partial charge is 0.480 e. The van der Waals surface area contributed by atoms with E-state index in [1.54, 1.807) is 20.8 Å². The summed E-state index contributed by atoms with van der Waals surface area (Å²) >= 11 is 0. The van der Waals surface area contributed by atoms with Gasteiger partial charge in [-0.3, -0.25) is 34.2 Å². The van der Waals surface area contributed by atoms with Crippen molar-refractivity contribution in [2.45, 2.75) is 45.3 Å². The zero-order chi connectivity index (χ0) is 25.2. The fraction of sp³-hybridized carbons (Fsp3) is 0.455. The summed E-state index contributed by atoms with van der Waals surface area (Å²) < 4.78 is 5.15. The highest BCUT2D eigenvalue weighted by atomic mass is 16.6. The van der Waals surface area contributed by atoms with E-state index in [0.717, 1.165) is 4.90 Å². The Kier molecular flexibility index (Phi) is 6.89. The second-order valence-corrected chi connectivity index (χ2v) is 8.92. The van der Waals surface area contributed by atoms with Crippen LogP contribution in [0.2, 0.25) is 0 Å². The number of amides is 5. The highest BCUT2D eigenvalue weighted by molar-refractivity contribution is 6.23. The van der Waals surface area contributed by atoms with Gasteiger partial charge in [0.2, 0.25) is 11.8 Å². The van der Waals surface area contributed by atoms with Crippen molar-refractivity contribution in [3.63, 3.8) is 0 Å². The Labute approximate surface area is 195 Å². The average Bonchev–Trinajstić information content (AvgIpc) is 2.96. The molecule has 2 aliphatic heterocycles. The molecule has 0 aromatic heterocycles. The molecule has 1 atom stereocenters. The van der Waals surface area contributed by atoms with Crippen LogP contribution in [0.1, 0.15) is 54.3 Å². The number of carboxylic acids is 1. The van der Waals surface area contributed by atoms with Gasteiger partial charge >= 0.3 is 12.1 Å². The number of carbonyl (C=O) groups is 6. The third-order valence-electron chi connectivity index (χ3n) is 5.16. The average molecular weight is 474 g/mol. The molecule has 0 bridgehead atoms. The second-order valence-electron chi connectivity index (χ2n) is 8.92. The van der Waals surface area contributed by atoms with Gasteiger partial charge in [0.25, 0.3) is 11.8 Å². The molecule has 0 saturated carbocycles. The van der Waals surface area contributed by atoms with Crippen LogP contribution in [-0.2, 0) is 19.1 Å². The van der Waals surface area contributed by atoms with Crippen LogP contribution in [0.25, 0.3) is 0 Å². The molecule has 2 heterocycles. The first-order valence-electron chi connectivity index (χ1n) is 10.7. The molecule has 1 saturated heterocycles. The normalized spacial score (nSPS) is 17.9. The molecule has 3 rings (SSSR count). The monoisotopic (exact) mass is 474 g/mol. The topological polar surface area (TPSA) is 162 Å². The number of ether oxygens (including phenoxy) is 1. The summed E-state index contributed by atoms with van der Waals surface area (Å²) in [5.41, 5.74) is -0.228. The zero-order valence-corrected chi connectivity index (χ0v) is 19.0. The lowest BCUT2D eigenvalue weighted by Crippen LogP contribution is -2.54. The number of hydrogen-bond donors (Lipinski definition) is 3. The zero-order valence-electron chi connectivity index (χ0n) is 19.0. The predicted molar refractivity (Wildman–Crippen MR) is 117 cm³/mol. The van der Waals surface area contributed by atoms with Crippen molar-refractivity contribution >= 4 is 41.4 Å². The molecule has 34 heavy (non-hydrogen) atoms. The maximum atomic E-state index is 13.0. The van der Waals surface area contributed by atoms with Crippen LogP contribution in [0.4, 0.5) is 10.5 Å². The fourth-order valence-electron chi connectivity index (χ4n) is 3.73. The Hall–Kier alpha value is -3.96. The van der Waals surface area contributed by atoms with E-state index in [1.165, 1.54) is 23.1 Å². The number of nitrogens with one attached hydrogen (secondary N) is 2. The number of carbonyl (C=O) groups excluding carboxylic acids is 5. The van der Waals surface area contributed by atoms with Crippen LogP contribution in [0.15, 0.2) is 18.2 Å². The second kappa shape index (κ2) is 9.49. The summed E-state index contributed by atoms with van der Waals surface area (Å²) in [6.07, 6.45) is -0.617. The summed E-state index contributed by atoms with van der Waals surface area (Å²) in [6.45, 7) is 4.87. The fourth-order valence-corrected chi connectivity index (χ4v) is 3.73. The van der Waals surface area contributed by atoms with Crippen LogP contribution >= 0.6 is 0 Å². The van der Waals surface area contributed by atoms with E-state index in [9.17, 15) is 33.9 Å². The Bertz CT molecular complexity index is 1060. The minimum Gasteiger partial charge on any atom is -0.480 e. The molecule has 1 aromatic carbocycles. The lowest BCUT2D eigenvalue weighted by molar-refractivity contribution is -0.137. The van der Waals surface area contributed by atoms with Crippen molar-refractivity contribution in [1.29, 1.82) is 0 Å². The minimum atomic E-state index is -1.13. The molecule has 0 aliphatic carbocycles. The van der Waals surface area contributed by atoms with Crippen molar-refractivity contribution in [2.24, 2.45) is 0 Å². The van der Waals surface area contributed by atoms with Crippen LogP contribution in [0, 0.1) is 0 Å². The van der Waals surface area contributed by atoms with Gasteiger partial charge in [-0.2, -0.15) is 0 Å². The number of carboxylic acid groups (broad SMARTS) is 1. The van der Waals surface area contributed by atoms with Gasteiger partial charge in [0.15, 0.2) is 0 Å². The van der Waals surface area contributed by atoms with E-state index in [2.05, 4.69) is 10.6 Å². The first-order valence-corrected chi connectivity index (χ1v) is 10.7. The Balaban J connectivity index is 1.77. The molecule has 0 radical (unpaired) electrons. The SMILES string of the molecule is CC(C)(C)OC(=O)NCCN(CC(=O)O)c1ccc2c(c1)C(=O)N(C1CCC(=O)NC1=O)C2=O. The molecule has 0 spiro atoms. The Morgan fingerprint density at radius 3 is 2.47 bits per heavy atom. The maximum Gasteiger partial charge on any atom is 0.407 e. The molecule has 2 aliphatic rings. The number of alkyl carbamates (subject to hydrolysis) is 1. The quantitative estimate of drug-likeness (QED) is 0.478. The van der Waals surface area contributed by atoms with E-state index in [1.807, 2.05) is 0 Å². The van der Waals surface area contributed by atoms with Gasteiger partial charge in [0, 0.05) is 25.2 Å². The number of fused-ring (bicyclic) bond motifs is 1. The van der Waals surface area contributed by atoms with Crippen molar-refractivity contribution in [3.8, 4) is 0 Å². The van der Waals surface area contributed by atoms with Crippen LogP contribution < -0.4 is 15.5 Å². The number of benzene rings is 1. The maximum absolute atomic E-state index is 13.0. The highest BCUT2D eigenvalue weighted by Crippen LogP contribution is 2.30. The summed E-state index contributed by atoms with van der Waals surface area (Å²) in [5, 5.41) is 14.0. The summed E-state index contributed by atoms with van der Waals surface area (Å²) in [6, 6.07) is 3.18. The van der Waals surface area contributed by atoms with Crippen LogP contribution in [0.5, 0.6) is 0 Å². The number of hydrogen-bond acceptors (Lipinski definition) is 8. The molecule has 1 unspecified atom stereocenters. The summed E-state index contributed by atoms with van der Waals surface area (Å²) in [4.78, 5) is 74.9. The molecular formula is C22H26N4O8. The third-order valence-corrected chi connectivity index (χ3v) is 5.16. The number of nitrogens with zero attached hydrogens (tertiary/aromatic N) is 2. The van der Waals surface area contributed by atoms with Gasteiger partial charge < -0.3 is 20.1 Å². The predicted octanol–water partition coefficient (Wildman–Crippen LogP) is 0.504. The van der Waals surface area contributed by atoms with E-state index in [0.29, 0.717) is 5.69 Å². The molecule has 3 N–H and O–H groups in total. The van der Waals surface area contributed by atoms with Crippen LogP contribution in [-0.4, -0.2) is 77.0 Å². The standard InChI is InChI=1S/C22H26N4O8/c1-22(2,3)34-21(33)23-8-9-25(11-17(28)29)12-4-5-13-14(10-12)20(32)26(19(13)31)15-6-7-16(27)24-18(15)30/h4-5,10,15H,6-9,11H2,1-3H3,(H,23,33)(H,28,29)(H,24,27,30). The van der Waals surface area contributed by atoms with E-state index >= 15 is 0 Å². The Morgan fingerprint density at radius 1 is 1.18 bits per heavy atom. The minimum absolute atomic E-state index is 0.00605.